The maximum absolute atomic E-state index is 12.1. The van der Waals surface area contributed by atoms with Crippen molar-refractivity contribution >= 4 is 23.2 Å². The van der Waals surface area contributed by atoms with Crippen LogP contribution in [0.3, 0.4) is 0 Å². The second-order valence-electron chi connectivity index (χ2n) is 5.24. The Labute approximate surface area is 114 Å². The number of benzene rings is 1. The van der Waals surface area contributed by atoms with Crippen LogP contribution in [-0.2, 0) is 9.59 Å². The molecule has 0 unspecified atom stereocenters. The summed E-state index contributed by atoms with van der Waals surface area (Å²) in [7, 11) is 0. The Hall–Kier alpha value is -2.05. The van der Waals surface area contributed by atoms with Crippen molar-refractivity contribution in [3.8, 4) is 0 Å². The van der Waals surface area contributed by atoms with Crippen molar-refractivity contribution in [1.29, 1.82) is 0 Å². The lowest BCUT2D eigenvalue weighted by atomic mass is 9.95. The van der Waals surface area contributed by atoms with E-state index in [1.54, 1.807) is 26.1 Å². The molecule has 1 rings (SSSR count). The summed E-state index contributed by atoms with van der Waals surface area (Å²) in [6.45, 7) is 5.12. The van der Waals surface area contributed by atoms with Gasteiger partial charge >= 0.3 is 12.1 Å². The van der Waals surface area contributed by atoms with E-state index in [0.29, 0.717) is 5.69 Å². The topological polar surface area (TPSA) is 58.2 Å². The van der Waals surface area contributed by atoms with Crippen molar-refractivity contribution in [2.75, 3.05) is 10.6 Å². The molecule has 0 aliphatic heterocycles. The van der Waals surface area contributed by atoms with E-state index in [-0.39, 0.29) is 11.6 Å². The molecule has 0 saturated heterocycles. The number of amides is 2. The van der Waals surface area contributed by atoms with E-state index in [1.807, 2.05) is 0 Å². The number of anilines is 2. The minimum absolute atomic E-state index is 0.0426. The van der Waals surface area contributed by atoms with Crippen molar-refractivity contribution in [2.45, 2.75) is 26.9 Å². The Morgan fingerprint density at radius 3 is 1.80 bits per heavy atom. The lowest BCUT2D eigenvalue weighted by Crippen LogP contribution is -2.30. The molecular formula is C13H15F3N2O2. The molecule has 2 amide bonds. The highest BCUT2D eigenvalue weighted by atomic mass is 19.4. The fourth-order valence-electron chi connectivity index (χ4n) is 1.20. The molecule has 0 bridgehead atoms. The summed E-state index contributed by atoms with van der Waals surface area (Å²) < 4.78 is 36.4. The first kappa shape index (κ1) is 16.0. The van der Waals surface area contributed by atoms with Gasteiger partial charge in [0.15, 0.2) is 0 Å². The van der Waals surface area contributed by atoms with Crippen molar-refractivity contribution in [3.63, 3.8) is 0 Å². The molecule has 2 N–H and O–H groups in total. The van der Waals surface area contributed by atoms with Gasteiger partial charge in [0.1, 0.15) is 0 Å². The van der Waals surface area contributed by atoms with Crippen LogP contribution in [-0.4, -0.2) is 18.0 Å². The molecule has 0 radical (unpaired) electrons. The maximum atomic E-state index is 12.1. The van der Waals surface area contributed by atoms with Crippen LogP contribution in [0.25, 0.3) is 0 Å². The van der Waals surface area contributed by atoms with Crippen LogP contribution in [0.5, 0.6) is 0 Å². The number of carbonyl (C=O) groups is 2. The summed E-state index contributed by atoms with van der Waals surface area (Å²) >= 11 is 0. The van der Waals surface area contributed by atoms with Crippen LogP contribution in [0.2, 0.25) is 0 Å². The first-order chi connectivity index (χ1) is 9.00. The quantitative estimate of drug-likeness (QED) is 0.878. The molecule has 110 valence electrons. The Balaban J connectivity index is 2.82. The van der Waals surface area contributed by atoms with Crippen molar-refractivity contribution < 1.29 is 22.8 Å². The van der Waals surface area contributed by atoms with Gasteiger partial charge in [-0.1, -0.05) is 26.8 Å². The molecule has 0 heterocycles. The van der Waals surface area contributed by atoms with E-state index >= 15 is 0 Å². The average molecular weight is 288 g/mol. The molecule has 1 aromatic carbocycles. The lowest BCUT2D eigenvalue weighted by Gasteiger charge is -2.18. The monoisotopic (exact) mass is 288 g/mol. The first-order valence-electron chi connectivity index (χ1n) is 5.80. The number of rotatable bonds is 2. The second kappa shape index (κ2) is 5.52. The van der Waals surface area contributed by atoms with Crippen molar-refractivity contribution in [2.24, 2.45) is 5.41 Å². The Bertz CT molecular complexity index is 476. The van der Waals surface area contributed by atoms with E-state index in [2.05, 4.69) is 5.32 Å². The van der Waals surface area contributed by atoms with Gasteiger partial charge < -0.3 is 10.6 Å². The van der Waals surface area contributed by atoms with Crippen molar-refractivity contribution in [3.05, 3.63) is 24.3 Å². The summed E-state index contributed by atoms with van der Waals surface area (Å²) in [5.41, 5.74) is -0.366. The smallest absolute Gasteiger partial charge is 0.326 e. The molecule has 1 aromatic rings. The van der Waals surface area contributed by atoms with Gasteiger partial charge in [0.05, 0.1) is 0 Å². The molecule has 0 aliphatic carbocycles. The van der Waals surface area contributed by atoms with Crippen molar-refractivity contribution in [1.82, 2.24) is 0 Å². The minimum atomic E-state index is -4.95. The van der Waals surface area contributed by atoms with E-state index in [4.69, 9.17) is 0 Å². The minimum Gasteiger partial charge on any atom is -0.326 e. The van der Waals surface area contributed by atoms with Crippen LogP contribution in [0.1, 0.15) is 20.8 Å². The predicted octanol–water partition coefficient (Wildman–Crippen LogP) is 3.17. The molecule has 4 nitrogen and oxygen atoms in total. The summed E-state index contributed by atoms with van der Waals surface area (Å²) in [6.07, 6.45) is -4.95. The lowest BCUT2D eigenvalue weighted by molar-refractivity contribution is -0.167. The maximum Gasteiger partial charge on any atom is 0.471 e. The Morgan fingerprint density at radius 2 is 1.40 bits per heavy atom. The highest BCUT2D eigenvalue weighted by molar-refractivity contribution is 5.97. The molecule has 0 aromatic heterocycles. The standard InChI is InChI=1S/C13H15F3N2O2/c1-12(2,3)10(19)17-8-5-4-6-9(7-8)18-11(20)13(14,15)16/h4-7H,1-3H3,(H,17,19)(H,18,20). The van der Waals surface area contributed by atoms with Gasteiger partial charge in [0.25, 0.3) is 0 Å². The third kappa shape index (κ3) is 4.56. The van der Waals surface area contributed by atoms with Crippen LogP contribution in [0, 0.1) is 5.41 Å². The summed E-state index contributed by atoms with van der Waals surface area (Å²) in [5.74, 6) is -2.34. The normalized spacial score (nSPS) is 11.9. The number of halogens is 3. The van der Waals surface area contributed by atoms with Gasteiger partial charge in [-0.15, -0.1) is 0 Å². The van der Waals surface area contributed by atoms with Gasteiger partial charge in [-0.05, 0) is 18.2 Å². The second-order valence-corrected chi connectivity index (χ2v) is 5.24. The highest BCUT2D eigenvalue weighted by Gasteiger charge is 2.38. The van der Waals surface area contributed by atoms with Gasteiger partial charge in [-0.3, -0.25) is 9.59 Å². The van der Waals surface area contributed by atoms with Gasteiger partial charge in [0.2, 0.25) is 5.91 Å². The van der Waals surface area contributed by atoms with Crippen LogP contribution in [0.15, 0.2) is 24.3 Å². The third-order valence-electron chi connectivity index (χ3n) is 2.32. The highest BCUT2D eigenvalue weighted by Crippen LogP contribution is 2.22. The van der Waals surface area contributed by atoms with E-state index in [0.717, 1.165) is 0 Å². The molecule has 20 heavy (non-hydrogen) atoms. The zero-order valence-corrected chi connectivity index (χ0v) is 11.3. The number of alkyl halides is 3. The number of hydrogen-bond donors (Lipinski definition) is 2. The summed E-state index contributed by atoms with van der Waals surface area (Å²) in [4.78, 5) is 22.6. The number of carbonyl (C=O) groups excluding carboxylic acids is 2. The first-order valence-corrected chi connectivity index (χ1v) is 5.80. The molecule has 0 fully saturated rings. The Morgan fingerprint density at radius 1 is 0.950 bits per heavy atom. The third-order valence-corrected chi connectivity index (χ3v) is 2.32. The molecule has 0 aliphatic rings. The molecule has 7 heteroatoms. The average Bonchev–Trinajstić information content (AvgIpc) is 2.26. The fraction of sp³-hybridized carbons (Fsp3) is 0.385. The van der Waals surface area contributed by atoms with Crippen LogP contribution >= 0.6 is 0 Å². The molecular weight excluding hydrogens is 273 g/mol. The number of nitrogens with one attached hydrogen (secondary N) is 2. The molecule has 0 spiro atoms. The molecule has 0 atom stereocenters. The summed E-state index contributed by atoms with van der Waals surface area (Å²) in [5, 5.41) is 4.28. The largest absolute Gasteiger partial charge is 0.471 e. The number of hydrogen-bond acceptors (Lipinski definition) is 2. The van der Waals surface area contributed by atoms with E-state index in [9.17, 15) is 22.8 Å². The van der Waals surface area contributed by atoms with Gasteiger partial charge in [-0.2, -0.15) is 13.2 Å². The van der Waals surface area contributed by atoms with Gasteiger partial charge in [0, 0.05) is 16.8 Å². The van der Waals surface area contributed by atoms with Gasteiger partial charge in [-0.25, -0.2) is 0 Å². The van der Waals surface area contributed by atoms with E-state index < -0.39 is 17.5 Å². The summed E-state index contributed by atoms with van der Waals surface area (Å²) in [6, 6.07) is 5.51. The zero-order chi connectivity index (χ0) is 15.6. The van der Waals surface area contributed by atoms with Crippen LogP contribution in [0.4, 0.5) is 24.5 Å². The Kier molecular flexibility index (Phi) is 4.42. The van der Waals surface area contributed by atoms with E-state index in [1.165, 1.54) is 24.3 Å². The molecule has 0 saturated carbocycles. The predicted molar refractivity (Wildman–Crippen MR) is 69.2 cm³/mol. The fourth-order valence-corrected chi connectivity index (χ4v) is 1.20. The zero-order valence-electron chi connectivity index (χ0n) is 11.3. The van der Waals surface area contributed by atoms with Crippen LogP contribution < -0.4 is 10.6 Å². The SMILES string of the molecule is CC(C)(C)C(=O)Nc1cccc(NC(=O)C(F)(F)F)c1.